The molecule has 0 aromatic carbocycles. The summed E-state index contributed by atoms with van der Waals surface area (Å²) in [5.74, 6) is 0.637. The lowest BCUT2D eigenvalue weighted by atomic mass is 9.87. The lowest BCUT2D eigenvalue weighted by Crippen LogP contribution is -2.46. The van der Waals surface area contributed by atoms with E-state index in [-0.39, 0.29) is 12.3 Å². The summed E-state index contributed by atoms with van der Waals surface area (Å²) in [7, 11) is 0. The molecule has 1 aliphatic heterocycles. The van der Waals surface area contributed by atoms with Gasteiger partial charge in [-0.3, -0.25) is 14.5 Å². The van der Waals surface area contributed by atoms with Gasteiger partial charge >= 0.3 is 5.97 Å². The van der Waals surface area contributed by atoms with E-state index in [0.29, 0.717) is 18.5 Å². The van der Waals surface area contributed by atoms with Gasteiger partial charge in [0.15, 0.2) is 0 Å². The van der Waals surface area contributed by atoms with Crippen molar-refractivity contribution in [2.24, 2.45) is 11.8 Å². The number of piperidine rings is 1. The normalized spacial score (nSPS) is 30.0. The SMILES string of the molecule is CC1CCC(NC(=O)CN2CCCC(CCC(=O)O)C2)CC1. The number of rotatable bonds is 6. The van der Waals surface area contributed by atoms with E-state index in [1.54, 1.807) is 0 Å². The van der Waals surface area contributed by atoms with Crippen LogP contribution in [-0.4, -0.2) is 47.6 Å². The Kier molecular flexibility index (Phi) is 6.68. The number of nitrogens with one attached hydrogen (secondary N) is 1. The Morgan fingerprint density at radius 3 is 2.59 bits per heavy atom. The number of aliphatic carboxylic acids is 1. The molecule has 2 rings (SSSR count). The number of carbonyl (C=O) groups is 2. The van der Waals surface area contributed by atoms with E-state index in [0.717, 1.165) is 51.1 Å². The molecule has 0 bridgehead atoms. The van der Waals surface area contributed by atoms with Crippen LogP contribution in [-0.2, 0) is 9.59 Å². The van der Waals surface area contributed by atoms with Crippen LogP contribution >= 0.6 is 0 Å². The summed E-state index contributed by atoms with van der Waals surface area (Å²) < 4.78 is 0. The molecule has 2 fully saturated rings. The Morgan fingerprint density at radius 1 is 1.18 bits per heavy atom. The smallest absolute Gasteiger partial charge is 0.303 e. The van der Waals surface area contributed by atoms with Gasteiger partial charge in [-0.2, -0.15) is 0 Å². The van der Waals surface area contributed by atoms with Crippen molar-refractivity contribution in [3.63, 3.8) is 0 Å². The summed E-state index contributed by atoms with van der Waals surface area (Å²) in [6.45, 7) is 4.57. The summed E-state index contributed by atoms with van der Waals surface area (Å²) in [6.07, 6.45) is 7.77. The van der Waals surface area contributed by atoms with Crippen LogP contribution in [0.25, 0.3) is 0 Å². The molecule has 1 saturated heterocycles. The molecule has 0 radical (unpaired) electrons. The van der Waals surface area contributed by atoms with Crippen molar-refractivity contribution in [2.75, 3.05) is 19.6 Å². The van der Waals surface area contributed by atoms with Gasteiger partial charge in [0.25, 0.3) is 0 Å². The fraction of sp³-hybridized carbons (Fsp3) is 0.882. The molecule has 1 unspecified atom stereocenters. The Hall–Kier alpha value is -1.10. The van der Waals surface area contributed by atoms with Gasteiger partial charge in [-0.1, -0.05) is 6.92 Å². The van der Waals surface area contributed by atoms with Crippen LogP contribution < -0.4 is 5.32 Å². The third-order valence-corrected chi connectivity index (χ3v) is 5.12. The van der Waals surface area contributed by atoms with Gasteiger partial charge in [-0.15, -0.1) is 0 Å². The first-order chi connectivity index (χ1) is 10.5. The van der Waals surface area contributed by atoms with Crippen molar-refractivity contribution in [3.8, 4) is 0 Å². The zero-order chi connectivity index (χ0) is 15.9. The average Bonchev–Trinajstić information content (AvgIpc) is 2.48. The number of amides is 1. The van der Waals surface area contributed by atoms with Crippen LogP contribution in [0.4, 0.5) is 0 Å². The second-order valence-corrected chi connectivity index (χ2v) is 7.20. The maximum Gasteiger partial charge on any atom is 0.303 e. The summed E-state index contributed by atoms with van der Waals surface area (Å²) >= 11 is 0. The minimum absolute atomic E-state index is 0.137. The molecule has 1 atom stereocenters. The Bertz CT molecular complexity index is 378. The highest BCUT2D eigenvalue weighted by atomic mass is 16.4. The number of likely N-dealkylation sites (tertiary alicyclic amines) is 1. The maximum absolute atomic E-state index is 12.2. The molecule has 5 nitrogen and oxygen atoms in total. The van der Waals surface area contributed by atoms with Crippen LogP contribution in [0.3, 0.4) is 0 Å². The molecule has 2 N–H and O–H groups in total. The topological polar surface area (TPSA) is 69.6 Å². The summed E-state index contributed by atoms with van der Waals surface area (Å²) in [6, 6.07) is 0.358. The molecular weight excluding hydrogens is 280 g/mol. The highest BCUT2D eigenvalue weighted by molar-refractivity contribution is 5.78. The highest BCUT2D eigenvalue weighted by Crippen LogP contribution is 2.24. The first-order valence-corrected chi connectivity index (χ1v) is 8.76. The molecule has 1 saturated carbocycles. The summed E-state index contributed by atoms with van der Waals surface area (Å²) in [4.78, 5) is 25.0. The zero-order valence-corrected chi connectivity index (χ0v) is 13.7. The van der Waals surface area contributed by atoms with Crippen LogP contribution in [0, 0.1) is 11.8 Å². The third kappa shape index (κ3) is 5.95. The van der Waals surface area contributed by atoms with Gasteiger partial charge in [0.1, 0.15) is 0 Å². The van der Waals surface area contributed by atoms with Gasteiger partial charge in [-0.05, 0) is 63.3 Å². The maximum atomic E-state index is 12.2. The van der Waals surface area contributed by atoms with Gasteiger partial charge < -0.3 is 10.4 Å². The molecule has 0 spiro atoms. The van der Waals surface area contributed by atoms with Gasteiger partial charge in [0, 0.05) is 19.0 Å². The molecule has 22 heavy (non-hydrogen) atoms. The fourth-order valence-electron chi connectivity index (χ4n) is 3.74. The quantitative estimate of drug-likeness (QED) is 0.789. The minimum Gasteiger partial charge on any atom is -0.481 e. The van der Waals surface area contributed by atoms with Crippen LogP contribution in [0.2, 0.25) is 0 Å². The van der Waals surface area contributed by atoms with Crippen LogP contribution in [0.5, 0.6) is 0 Å². The van der Waals surface area contributed by atoms with Crippen LogP contribution in [0.1, 0.15) is 58.3 Å². The summed E-state index contributed by atoms with van der Waals surface area (Å²) in [5.41, 5.74) is 0. The first-order valence-electron chi connectivity index (χ1n) is 8.76. The summed E-state index contributed by atoms with van der Waals surface area (Å²) in [5, 5.41) is 12.0. The predicted octanol–water partition coefficient (Wildman–Crippen LogP) is 2.26. The molecule has 126 valence electrons. The zero-order valence-electron chi connectivity index (χ0n) is 13.7. The largest absolute Gasteiger partial charge is 0.481 e. The predicted molar refractivity (Wildman–Crippen MR) is 85.6 cm³/mol. The van der Waals surface area contributed by atoms with E-state index < -0.39 is 5.97 Å². The molecular formula is C17H30N2O3. The van der Waals surface area contributed by atoms with Gasteiger partial charge in [0.05, 0.1) is 6.54 Å². The molecule has 1 amide bonds. The Morgan fingerprint density at radius 2 is 1.91 bits per heavy atom. The van der Waals surface area contributed by atoms with Crippen molar-refractivity contribution >= 4 is 11.9 Å². The fourth-order valence-corrected chi connectivity index (χ4v) is 3.74. The van der Waals surface area contributed by atoms with E-state index in [4.69, 9.17) is 5.11 Å². The number of nitrogens with zero attached hydrogens (tertiary/aromatic N) is 1. The van der Waals surface area contributed by atoms with Crippen molar-refractivity contribution in [3.05, 3.63) is 0 Å². The molecule has 1 heterocycles. The molecule has 0 aromatic heterocycles. The average molecular weight is 310 g/mol. The van der Waals surface area contributed by atoms with E-state index in [9.17, 15) is 9.59 Å². The Labute approximate surface area is 133 Å². The molecule has 1 aliphatic carbocycles. The lowest BCUT2D eigenvalue weighted by Gasteiger charge is -2.33. The first kappa shape index (κ1) is 17.3. The van der Waals surface area contributed by atoms with Crippen molar-refractivity contribution in [1.82, 2.24) is 10.2 Å². The van der Waals surface area contributed by atoms with Crippen LogP contribution in [0.15, 0.2) is 0 Å². The standard InChI is InChI=1S/C17H30N2O3/c1-13-4-7-15(8-5-13)18-16(20)12-19-10-2-3-14(11-19)6-9-17(21)22/h13-15H,2-12H2,1H3,(H,18,20)(H,21,22). The second-order valence-electron chi connectivity index (χ2n) is 7.20. The van der Waals surface area contributed by atoms with Crippen molar-refractivity contribution < 1.29 is 14.7 Å². The van der Waals surface area contributed by atoms with E-state index >= 15 is 0 Å². The minimum atomic E-state index is -0.721. The molecule has 5 heteroatoms. The number of carboxylic acids is 1. The number of hydrogen-bond acceptors (Lipinski definition) is 3. The Balaban J connectivity index is 1.68. The highest BCUT2D eigenvalue weighted by Gasteiger charge is 2.24. The number of carbonyl (C=O) groups excluding carboxylic acids is 1. The van der Waals surface area contributed by atoms with Crippen molar-refractivity contribution in [1.29, 1.82) is 0 Å². The lowest BCUT2D eigenvalue weighted by molar-refractivity contribution is -0.137. The van der Waals surface area contributed by atoms with Crippen molar-refractivity contribution in [2.45, 2.75) is 64.3 Å². The third-order valence-electron chi connectivity index (χ3n) is 5.12. The van der Waals surface area contributed by atoms with Gasteiger partial charge in [0.2, 0.25) is 5.91 Å². The van der Waals surface area contributed by atoms with Gasteiger partial charge in [-0.25, -0.2) is 0 Å². The number of hydrogen-bond donors (Lipinski definition) is 2. The number of carboxylic acid groups (broad SMARTS) is 1. The second kappa shape index (κ2) is 8.51. The van der Waals surface area contributed by atoms with E-state index in [1.165, 1.54) is 12.8 Å². The molecule has 0 aromatic rings. The monoisotopic (exact) mass is 310 g/mol. The molecule has 2 aliphatic rings. The van der Waals surface area contributed by atoms with E-state index in [2.05, 4.69) is 17.1 Å². The van der Waals surface area contributed by atoms with E-state index in [1.807, 2.05) is 0 Å².